The van der Waals surface area contributed by atoms with Crippen molar-refractivity contribution < 1.29 is 22.7 Å². The molecule has 0 aliphatic carbocycles. The summed E-state index contributed by atoms with van der Waals surface area (Å²) in [7, 11) is 0. The number of halogens is 3. The normalized spacial score (nSPS) is 11.5. The molecule has 4 aromatic rings. The summed E-state index contributed by atoms with van der Waals surface area (Å²) < 4.78 is 45.0. The Morgan fingerprint density at radius 1 is 0.878 bits per heavy atom. The standard InChI is InChI=1S/C32H34F3NO3.C2H6/c1-3-5-18-36(4-2)19-8-9-22-12-14-23(15-13-22)20-27-25-10-6-7-11-29(25)39-31(38)30(27)26-17-16-24(21-28(26)37)32(33,34)35;1-2/h6-7,10-17,21,37H,3-5,8-9,18-20H2,1-2H3;1-2H3. The first-order valence-corrected chi connectivity index (χ1v) is 14.5. The fourth-order valence-electron chi connectivity index (χ4n) is 4.93. The Hall–Kier alpha value is -3.58. The highest BCUT2D eigenvalue weighted by molar-refractivity contribution is 5.88. The molecular weight excluding hydrogens is 527 g/mol. The van der Waals surface area contributed by atoms with Crippen LogP contribution in [0, 0.1) is 0 Å². The number of unbranched alkanes of at least 4 members (excludes halogenated alkanes) is 1. The molecule has 1 N–H and O–H groups in total. The number of hydrogen-bond donors (Lipinski definition) is 1. The fraction of sp³-hybridized carbons (Fsp3) is 0.382. The number of benzene rings is 3. The highest BCUT2D eigenvalue weighted by atomic mass is 19.4. The minimum absolute atomic E-state index is 0.0117. The predicted octanol–water partition coefficient (Wildman–Crippen LogP) is 8.86. The Morgan fingerprint density at radius 2 is 1.54 bits per heavy atom. The highest BCUT2D eigenvalue weighted by Crippen LogP contribution is 2.38. The molecule has 1 heterocycles. The van der Waals surface area contributed by atoms with Gasteiger partial charge in [0.05, 0.1) is 11.1 Å². The first kappa shape index (κ1) is 31.9. The summed E-state index contributed by atoms with van der Waals surface area (Å²) in [6.45, 7) is 11.6. The van der Waals surface area contributed by atoms with Gasteiger partial charge in [0.1, 0.15) is 11.3 Å². The van der Waals surface area contributed by atoms with Crippen molar-refractivity contribution in [2.24, 2.45) is 0 Å². The van der Waals surface area contributed by atoms with Crippen LogP contribution < -0.4 is 5.63 Å². The van der Waals surface area contributed by atoms with E-state index >= 15 is 0 Å². The lowest BCUT2D eigenvalue weighted by Crippen LogP contribution is -2.25. The Morgan fingerprint density at radius 3 is 2.17 bits per heavy atom. The van der Waals surface area contributed by atoms with Gasteiger partial charge in [-0.25, -0.2) is 4.79 Å². The first-order valence-electron chi connectivity index (χ1n) is 14.5. The van der Waals surface area contributed by atoms with E-state index < -0.39 is 23.1 Å². The van der Waals surface area contributed by atoms with E-state index in [9.17, 15) is 23.1 Å². The van der Waals surface area contributed by atoms with Gasteiger partial charge >= 0.3 is 11.8 Å². The van der Waals surface area contributed by atoms with Crippen LogP contribution in [0.1, 0.15) is 69.2 Å². The van der Waals surface area contributed by atoms with E-state index in [0.717, 1.165) is 50.2 Å². The minimum atomic E-state index is -4.61. The van der Waals surface area contributed by atoms with Crippen molar-refractivity contribution in [3.05, 3.63) is 99.4 Å². The van der Waals surface area contributed by atoms with Gasteiger partial charge in [0.15, 0.2) is 0 Å². The number of nitrogens with zero attached hydrogens (tertiary/aromatic N) is 1. The van der Waals surface area contributed by atoms with Gasteiger partial charge in [-0.2, -0.15) is 13.2 Å². The number of alkyl halides is 3. The fourth-order valence-corrected chi connectivity index (χ4v) is 4.93. The Kier molecular flexibility index (Phi) is 11.6. The van der Waals surface area contributed by atoms with E-state index in [2.05, 4.69) is 30.9 Å². The molecule has 0 spiro atoms. The molecule has 0 fully saturated rings. The molecule has 0 aliphatic heterocycles. The van der Waals surface area contributed by atoms with E-state index in [1.54, 1.807) is 12.1 Å². The van der Waals surface area contributed by atoms with Gasteiger partial charge in [-0.1, -0.05) is 76.6 Å². The number of hydrogen-bond acceptors (Lipinski definition) is 4. The average Bonchev–Trinajstić information content (AvgIpc) is 2.96. The summed E-state index contributed by atoms with van der Waals surface area (Å²) >= 11 is 0. The van der Waals surface area contributed by atoms with Crippen molar-refractivity contribution in [3.63, 3.8) is 0 Å². The zero-order valence-corrected chi connectivity index (χ0v) is 24.4. The Bertz CT molecular complexity index is 1460. The van der Waals surface area contributed by atoms with E-state index in [0.29, 0.717) is 29.0 Å². The Labute approximate surface area is 240 Å². The molecule has 0 atom stereocenters. The topological polar surface area (TPSA) is 53.7 Å². The summed E-state index contributed by atoms with van der Waals surface area (Å²) in [5.74, 6) is -0.621. The van der Waals surface area contributed by atoms with Crippen LogP contribution in [0.15, 0.2) is 75.9 Å². The van der Waals surface area contributed by atoms with Crippen LogP contribution in [0.4, 0.5) is 13.2 Å². The molecule has 0 bridgehead atoms. The summed E-state index contributed by atoms with van der Waals surface area (Å²) in [5, 5.41) is 11.2. The highest BCUT2D eigenvalue weighted by Gasteiger charge is 2.32. The van der Waals surface area contributed by atoms with E-state index in [4.69, 9.17) is 4.42 Å². The number of para-hydroxylation sites is 1. The van der Waals surface area contributed by atoms with Gasteiger partial charge in [0.2, 0.25) is 0 Å². The molecule has 0 saturated carbocycles. The van der Waals surface area contributed by atoms with E-state index in [-0.39, 0.29) is 11.1 Å². The van der Waals surface area contributed by atoms with Crippen molar-refractivity contribution in [3.8, 4) is 16.9 Å². The number of phenolic OH excluding ortho intramolecular Hbond substituents is 1. The lowest BCUT2D eigenvalue weighted by molar-refractivity contribution is -0.137. The second-order valence-corrected chi connectivity index (χ2v) is 9.85. The van der Waals surface area contributed by atoms with Gasteiger partial charge in [-0.05, 0) is 86.3 Å². The molecule has 3 aromatic carbocycles. The third kappa shape index (κ3) is 8.23. The maximum atomic E-state index is 13.2. The molecule has 0 saturated heterocycles. The zero-order valence-electron chi connectivity index (χ0n) is 24.4. The molecule has 0 unspecified atom stereocenters. The quantitative estimate of drug-likeness (QED) is 0.184. The largest absolute Gasteiger partial charge is 0.507 e. The van der Waals surface area contributed by atoms with Gasteiger partial charge in [-0.3, -0.25) is 0 Å². The number of aromatic hydroxyl groups is 1. The van der Waals surface area contributed by atoms with Crippen LogP contribution in [0.25, 0.3) is 22.1 Å². The first-order chi connectivity index (χ1) is 19.7. The lowest BCUT2D eigenvalue weighted by atomic mass is 9.92. The van der Waals surface area contributed by atoms with Gasteiger partial charge in [0, 0.05) is 10.9 Å². The molecule has 0 aliphatic rings. The van der Waals surface area contributed by atoms with E-state index in [1.165, 1.54) is 18.4 Å². The summed E-state index contributed by atoms with van der Waals surface area (Å²) in [6.07, 6.45) is 0.171. The molecule has 220 valence electrons. The zero-order chi connectivity index (χ0) is 30.0. The van der Waals surface area contributed by atoms with Crippen molar-refractivity contribution in [2.75, 3.05) is 19.6 Å². The minimum Gasteiger partial charge on any atom is -0.507 e. The molecule has 4 nitrogen and oxygen atoms in total. The molecule has 0 radical (unpaired) electrons. The van der Waals surface area contributed by atoms with Crippen LogP contribution in [0.5, 0.6) is 5.75 Å². The molecule has 7 heteroatoms. The number of aryl methyl sites for hydroxylation is 1. The van der Waals surface area contributed by atoms with Crippen molar-refractivity contribution >= 4 is 11.0 Å². The van der Waals surface area contributed by atoms with Gasteiger partial charge in [-0.15, -0.1) is 0 Å². The number of phenols is 1. The second-order valence-electron chi connectivity index (χ2n) is 9.85. The molecule has 0 amide bonds. The molecule has 4 rings (SSSR count). The van der Waals surface area contributed by atoms with Crippen LogP contribution in [0.3, 0.4) is 0 Å². The maximum absolute atomic E-state index is 13.2. The molecular formula is C34H40F3NO3. The summed E-state index contributed by atoms with van der Waals surface area (Å²) in [6, 6.07) is 17.9. The predicted molar refractivity (Wildman–Crippen MR) is 161 cm³/mol. The van der Waals surface area contributed by atoms with Crippen LogP contribution in [-0.4, -0.2) is 29.6 Å². The van der Waals surface area contributed by atoms with Crippen molar-refractivity contribution in [1.82, 2.24) is 4.90 Å². The monoisotopic (exact) mass is 567 g/mol. The molecule has 41 heavy (non-hydrogen) atoms. The van der Waals surface area contributed by atoms with Crippen molar-refractivity contribution in [1.29, 1.82) is 0 Å². The van der Waals surface area contributed by atoms with Crippen LogP contribution in [0.2, 0.25) is 0 Å². The number of rotatable bonds is 11. The summed E-state index contributed by atoms with van der Waals surface area (Å²) in [4.78, 5) is 15.6. The van der Waals surface area contributed by atoms with Crippen molar-refractivity contribution in [2.45, 2.75) is 66.0 Å². The van der Waals surface area contributed by atoms with Gasteiger partial charge < -0.3 is 14.4 Å². The van der Waals surface area contributed by atoms with Gasteiger partial charge in [0.25, 0.3) is 0 Å². The van der Waals surface area contributed by atoms with Crippen LogP contribution in [-0.2, 0) is 19.0 Å². The maximum Gasteiger partial charge on any atom is 0.416 e. The smallest absolute Gasteiger partial charge is 0.416 e. The lowest BCUT2D eigenvalue weighted by Gasteiger charge is -2.19. The third-order valence-electron chi connectivity index (χ3n) is 7.13. The number of fused-ring (bicyclic) bond motifs is 1. The average molecular weight is 568 g/mol. The third-order valence-corrected chi connectivity index (χ3v) is 7.13. The molecule has 1 aromatic heterocycles. The van der Waals surface area contributed by atoms with E-state index in [1.807, 2.05) is 38.1 Å². The second kappa shape index (κ2) is 14.9. The Balaban J connectivity index is 0.00000226. The SMILES string of the molecule is CC.CCCCN(CC)CCCc1ccc(Cc2c(-c3ccc(C(F)(F)F)cc3O)c(=O)oc3ccccc23)cc1. The van der Waals surface area contributed by atoms with Crippen LogP contribution >= 0.6 is 0 Å². The summed E-state index contributed by atoms with van der Waals surface area (Å²) in [5.41, 5.74) is 1.53.